The molecule has 4 heteroatoms. The van der Waals surface area contributed by atoms with Gasteiger partial charge in [0.2, 0.25) is 0 Å². The lowest BCUT2D eigenvalue weighted by Gasteiger charge is -2.08. The Labute approximate surface area is 101 Å². The summed E-state index contributed by atoms with van der Waals surface area (Å²) in [6.07, 6.45) is 3.68. The van der Waals surface area contributed by atoms with Gasteiger partial charge in [-0.15, -0.1) is 0 Å². The van der Waals surface area contributed by atoms with Crippen LogP contribution in [0.15, 0.2) is 18.5 Å². The number of aromatic nitrogens is 3. The SMILES string of the molecule is Cc1nn(C)c(C)c1-c1cncc(C(C)N)c1. The molecule has 0 fully saturated rings. The van der Waals surface area contributed by atoms with E-state index >= 15 is 0 Å². The van der Waals surface area contributed by atoms with Gasteiger partial charge < -0.3 is 5.73 Å². The van der Waals surface area contributed by atoms with Crippen LogP contribution in [0.2, 0.25) is 0 Å². The van der Waals surface area contributed by atoms with Crippen LogP contribution in [-0.4, -0.2) is 14.8 Å². The lowest BCUT2D eigenvalue weighted by atomic mass is 10.0. The van der Waals surface area contributed by atoms with Crippen molar-refractivity contribution in [1.29, 1.82) is 0 Å². The Kier molecular flexibility index (Phi) is 2.98. The van der Waals surface area contributed by atoms with Crippen LogP contribution in [0.5, 0.6) is 0 Å². The summed E-state index contributed by atoms with van der Waals surface area (Å²) in [5, 5.41) is 4.42. The number of hydrogen-bond acceptors (Lipinski definition) is 3. The molecule has 2 aromatic rings. The Balaban J connectivity index is 2.56. The zero-order valence-electron chi connectivity index (χ0n) is 10.7. The fourth-order valence-electron chi connectivity index (χ4n) is 2.03. The summed E-state index contributed by atoms with van der Waals surface area (Å²) in [6, 6.07) is 2.09. The van der Waals surface area contributed by atoms with Crippen LogP contribution in [0, 0.1) is 13.8 Å². The van der Waals surface area contributed by atoms with Crippen molar-refractivity contribution in [3.8, 4) is 11.1 Å². The molecule has 2 aromatic heterocycles. The van der Waals surface area contributed by atoms with Gasteiger partial charge in [-0.2, -0.15) is 5.10 Å². The third kappa shape index (κ3) is 2.08. The van der Waals surface area contributed by atoms with E-state index in [1.165, 1.54) is 0 Å². The third-order valence-corrected chi connectivity index (χ3v) is 3.08. The molecule has 0 aromatic carbocycles. The molecule has 17 heavy (non-hydrogen) atoms. The number of pyridine rings is 1. The smallest absolute Gasteiger partial charge is 0.0675 e. The van der Waals surface area contributed by atoms with Crippen LogP contribution < -0.4 is 5.73 Å². The average Bonchev–Trinajstić information content (AvgIpc) is 2.53. The van der Waals surface area contributed by atoms with Gasteiger partial charge in [0.15, 0.2) is 0 Å². The molecular weight excluding hydrogens is 212 g/mol. The first-order chi connectivity index (χ1) is 8.00. The van der Waals surface area contributed by atoms with Crippen molar-refractivity contribution in [2.75, 3.05) is 0 Å². The lowest BCUT2D eigenvalue weighted by molar-refractivity contribution is 0.731. The summed E-state index contributed by atoms with van der Waals surface area (Å²) in [5.41, 5.74) is 11.3. The van der Waals surface area contributed by atoms with Gasteiger partial charge in [0, 0.05) is 42.3 Å². The van der Waals surface area contributed by atoms with Gasteiger partial charge in [-0.25, -0.2) is 0 Å². The summed E-state index contributed by atoms with van der Waals surface area (Å²) in [4.78, 5) is 4.26. The second kappa shape index (κ2) is 4.30. The normalized spacial score (nSPS) is 12.8. The van der Waals surface area contributed by atoms with Gasteiger partial charge in [-0.1, -0.05) is 0 Å². The van der Waals surface area contributed by atoms with Crippen molar-refractivity contribution in [2.24, 2.45) is 12.8 Å². The van der Waals surface area contributed by atoms with E-state index in [1.807, 2.05) is 38.0 Å². The highest BCUT2D eigenvalue weighted by atomic mass is 15.3. The van der Waals surface area contributed by atoms with Crippen LogP contribution >= 0.6 is 0 Å². The van der Waals surface area contributed by atoms with E-state index in [4.69, 9.17) is 5.73 Å². The minimum Gasteiger partial charge on any atom is -0.324 e. The van der Waals surface area contributed by atoms with Crippen LogP contribution in [0.1, 0.15) is 29.9 Å². The van der Waals surface area contributed by atoms with Gasteiger partial charge in [-0.3, -0.25) is 9.67 Å². The standard InChI is InChI=1S/C13H18N4/c1-8(14)11-5-12(7-15-6-11)13-9(2)16-17(4)10(13)3/h5-8H,14H2,1-4H3. The Bertz CT molecular complexity index is 540. The predicted octanol–water partition coefficient (Wildman–Crippen LogP) is 2.12. The summed E-state index contributed by atoms with van der Waals surface area (Å²) in [7, 11) is 1.95. The quantitative estimate of drug-likeness (QED) is 0.859. The maximum absolute atomic E-state index is 5.88. The molecule has 0 aliphatic heterocycles. The first-order valence-electron chi connectivity index (χ1n) is 5.71. The summed E-state index contributed by atoms with van der Waals surface area (Å²) < 4.78 is 1.89. The summed E-state index contributed by atoms with van der Waals surface area (Å²) in [6.45, 7) is 6.04. The van der Waals surface area contributed by atoms with Gasteiger partial charge in [0.1, 0.15) is 0 Å². The Morgan fingerprint density at radius 1 is 1.29 bits per heavy atom. The molecule has 0 spiro atoms. The van der Waals surface area contributed by atoms with Crippen LogP contribution in [0.4, 0.5) is 0 Å². The van der Waals surface area contributed by atoms with Crippen molar-refractivity contribution >= 4 is 0 Å². The van der Waals surface area contributed by atoms with E-state index in [2.05, 4.69) is 23.1 Å². The summed E-state index contributed by atoms with van der Waals surface area (Å²) in [5.74, 6) is 0. The second-order valence-corrected chi connectivity index (χ2v) is 4.47. The van der Waals surface area contributed by atoms with E-state index in [-0.39, 0.29) is 6.04 Å². The van der Waals surface area contributed by atoms with E-state index < -0.39 is 0 Å². The Morgan fingerprint density at radius 2 is 2.00 bits per heavy atom. The largest absolute Gasteiger partial charge is 0.324 e. The molecule has 4 nitrogen and oxygen atoms in total. The molecule has 0 amide bonds. The molecule has 2 heterocycles. The first kappa shape index (κ1) is 11.8. The van der Waals surface area contributed by atoms with Gasteiger partial charge in [-0.05, 0) is 32.4 Å². The van der Waals surface area contributed by atoms with E-state index in [0.717, 1.165) is 28.1 Å². The second-order valence-electron chi connectivity index (χ2n) is 4.47. The van der Waals surface area contributed by atoms with Gasteiger partial charge in [0.05, 0.1) is 5.69 Å². The molecule has 0 saturated heterocycles. The topological polar surface area (TPSA) is 56.7 Å². The molecule has 0 aliphatic carbocycles. The molecule has 2 N–H and O–H groups in total. The zero-order valence-corrected chi connectivity index (χ0v) is 10.7. The Hall–Kier alpha value is -1.68. The van der Waals surface area contributed by atoms with Crippen molar-refractivity contribution in [1.82, 2.24) is 14.8 Å². The maximum atomic E-state index is 5.88. The van der Waals surface area contributed by atoms with Gasteiger partial charge >= 0.3 is 0 Å². The third-order valence-electron chi connectivity index (χ3n) is 3.08. The Morgan fingerprint density at radius 3 is 2.53 bits per heavy atom. The average molecular weight is 230 g/mol. The fraction of sp³-hybridized carbons (Fsp3) is 0.385. The lowest BCUT2D eigenvalue weighted by Crippen LogP contribution is -2.05. The highest BCUT2D eigenvalue weighted by molar-refractivity contribution is 5.68. The number of hydrogen-bond donors (Lipinski definition) is 1. The minimum atomic E-state index is -0.000247. The molecule has 1 atom stereocenters. The maximum Gasteiger partial charge on any atom is 0.0675 e. The number of aryl methyl sites for hydroxylation is 2. The predicted molar refractivity (Wildman–Crippen MR) is 68.5 cm³/mol. The van der Waals surface area contributed by atoms with Crippen molar-refractivity contribution in [3.05, 3.63) is 35.4 Å². The molecule has 0 saturated carbocycles. The molecule has 0 aliphatic rings. The van der Waals surface area contributed by atoms with Crippen molar-refractivity contribution < 1.29 is 0 Å². The molecule has 90 valence electrons. The number of rotatable bonds is 2. The molecule has 0 radical (unpaired) electrons. The van der Waals surface area contributed by atoms with Crippen LogP contribution in [0.25, 0.3) is 11.1 Å². The summed E-state index contributed by atoms with van der Waals surface area (Å²) >= 11 is 0. The monoisotopic (exact) mass is 230 g/mol. The zero-order chi connectivity index (χ0) is 12.6. The van der Waals surface area contributed by atoms with Gasteiger partial charge in [0.25, 0.3) is 0 Å². The van der Waals surface area contributed by atoms with E-state index in [9.17, 15) is 0 Å². The fourth-order valence-corrected chi connectivity index (χ4v) is 2.03. The van der Waals surface area contributed by atoms with Crippen LogP contribution in [0.3, 0.4) is 0 Å². The molecule has 2 rings (SSSR count). The van der Waals surface area contributed by atoms with Crippen molar-refractivity contribution in [3.63, 3.8) is 0 Å². The molecule has 1 unspecified atom stereocenters. The highest BCUT2D eigenvalue weighted by Gasteiger charge is 2.12. The van der Waals surface area contributed by atoms with Crippen molar-refractivity contribution in [2.45, 2.75) is 26.8 Å². The highest BCUT2D eigenvalue weighted by Crippen LogP contribution is 2.27. The number of nitrogens with two attached hydrogens (primary N) is 1. The first-order valence-corrected chi connectivity index (χ1v) is 5.71. The van der Waals surface area contributed by atoms with Crippen LogP contribution in [-0.2, 0) is 7.05 Å². The van der Waals surface area contributed by atoms with E-state index in [0.29, 0.717) is 0 Å². The number of nitrogens with zero attached hydrogens (tertiary/aromatic N) is 3. The minimum absolute atomic E-state index is 0.000247. The molecular formula is C13H18N4. The van der Waals surface area contributed by atoms with E-state index in [1.54, 1.807) is 0 Å². The molecule has 0 bridgehead atoms.